The fourth-order valence-electron chi connectivity index (χ4n) is 2.92. The lowest BCUT2D eigenvalue weighted by molar-refractivity contribution is 0.0506. The van der Waals surface area contributed by atoms with Crippen molar-refractivity contribution in [3.8, 4) is 17.2 Å². The van der Waals surface area contributed by atoms with E-state index in [2.05, 4.69) is 18.7 Å². The Morgan fingerprint density at radius 1 is 1.04 bits per heavy atom. The third kappa shape index (κ3) is 6.59. The number of rotatable bonds is 11. The summed E-state index contributed by atoms with van der Waals surface area (Å²) in [5.74, 6) is 2.10. The standard InChI is InChI=1S/C22H30ClNO4/c1-5-16(2)24(13-17-6-11-21(26-3)22(12-17)27-4)14-19(25)15-28-20-9-7-18(23)8-10-20/h6-12,16,19,25H,5,13-15H2,1-4H3/t16-,19-/m0/s1. The van der Waals surface area contributed by atoms with Gasteiger partial charge in [-0.1, -0.05) is 24.6 Å². The van der Waals surface area contributed by atoms with Crippen LogP contribution < -0.4 is 14.2 Å². The Morgan fingerprint density at radius 3 is 2.32 bits per heavy atom. The van der Waals surface area contributed by atoms with Gasteiger partial charge in [0.15, 0.2) is 11.5 Å². The summed E-state index contributed by atoms with van der Waals surface area (Å²) in [6.07, 6.45) is 0.378. The van der Waals surface area contributed by atoms with E-state index in [-0.39, 0.29) is 6.61 Å². The maximum absolute atomic E-state index is 10.5. The summed E-state index contributed by atoms with van der Waals surface area (Å²) < 4.78 is 16.4. The Bertz CT molecular complexity index is 723. The normalized spacial score (nSPS) is 13.2. The fraction of sp³-hybridized carbons (Fsp3) is 0.455. The Kier molecular flexibility index (Phi) is 8.90. The van der Waals surface area contributed by atoms with Crippen LogP contribution in [-0.2, 0) is 6.54 Å². The third-order valence-corrected chi connectivity index (χ3v) is 5.00. The number of ether oxygens (including phenoxy) is 3. The maximum atomic E-state index is 10.5. The first-order chi connectivity index (χ1) is 13.5. The van der Waals surface area contributed by atoms with Gasteiger partial charge in [-0.05, 0) is 55.3 Å². The lowest BCUT2D eigenvalue weighted by Crippen LogP contribution is -2.40. The van der Waals surface area contributed by atoms with Crippen LogP contribution in [0.3, 0.4) is 0 Å². The highest BCUT2D eigenvalue weighted by atomic mass is 35.5. The molecule has 0 aliphatic heterocycles. The molecule has 0 aliphatic carbocycles. The van der Waals surface area contributed by atoms with Crippen LogP contribution in [-0.4, -0.2) is 49.5 Å². The number of hydrogen-bond donors (Lipinski definition) is 1. The number of aliphatic hydroxyl groups is 1. The van der Waals surface area contributed by atoms with E-state index in [0.29, 0.717) is 41.4 Å². The Morgan fingerprint density at radius 2 is 1.71 bits per heavy atom. The van der Waals surface area contributed by atoms with Gasteiger partial charge in [-0.3, -0.25) is 4.90 Å². The van der Waals surface area contributed by atoms with E-state index in [0.717, 1.165) is 12.0 Å². The molecule has 0 aliphatic rings. The molecule has 2 rings (SSSR count). The molecule has 0 saturated carbocycles. The summed E-state index contributed by atoms with van der Waals surface area (Å²) in [5.41, 5.74) is 1.10. The number of halogens is 1. The highest BCUT2D eigenvalue weighted by molar-refractivity contribution is 6.30. The molecule has 0 amide bonds. The summed E-state index contributed by atoms with van der Waals surface area (Å²) >= 11 is 5.88. The van der Waals surface area contributed by atoms with Gasteiger partial charge in [-0.2, -0.15) is 0 Å². The molecule has 5 nitrogen and oxygen atoms in total. The molecule has 0 heterocycles. The van der Waals surface area contributed by atoms with Crippen molar-refractivity contribution in [2.75, 3.05) is 27.4 Å². The molecule has 0 fully saturated rings. The van der Waals surface area contributed by atoms with Crippen molar-refractivity contribution in [3.05, 3.63) is 53.1 Å². The minimum atomic E-state index is -0.607. The van der Waals surface area contributed by atoms with Crippen LogP contribution >= 0.6 is 11.6 Å². The van der Waals surface area contributed by atoms with Gasteiger partial charge in [0.2, 0.25) is 0 Å². The zero-order chi connectivity index (χ0) is 20.5. The molecule has 1 N–H and O–H groups in total. The zero-order valence-corrected chi connectivity index (χ0v) is 17.8. The summed E-state index contributed by atoms with van der Waals surface area (Å²) in [5, 5.41) is 11.2. The highest BCUT2D eigenvalue weighted by Gasteiger charge is 2.18. The second-order valence-electron chi connectivity index (χ2n) is 6.79. The Balaban J connectivity index is 1.99. The first-order valence-electron chi connectivity index (χ1n) is 9.48. The van der Waals surface area contributed by atoms with Crippen LogP contribution in [0.2, 0.25) is 5.02 Å². The fourth-order valence-corrected chi connectivity index (χ4v) is 3.04. The minimum Gasteiger partial charge on any atom is -0.493 e. The predicted octanol–water partition coefficient (Wildman–Crippen LogP) is 4.40. The molecule has 0 unspecified atom stereocenters. The molecule has 2 aromatic rings. The second-order valence-corrected chi connectivity index (χ2v) is 7.23. The number of benzene rings is 2. The largest absolute Gasteiger partial charge is 0.493 e. The first kappa shape index (κ1) is 22.3. The van der Waals surface area contributed by atoms with E-state index in [1.807, 2.05) is 18.2 Å². The van der Waals surface area contributed by atoms with Gasteiger partial charge in [0.05, 0.1) is 14.2 Å². The Hall–Kier alpha value is -1.95. The summed E-state index contributed by atoms with van der Waals surface area (Å²) in [7, 11) is 3.26. The monoisotopic (exact) mass is 407 g/mol. The maximum Gasteiger partial charge on any atom is 0.161 e. The van der Waals surface area contributed by atoms with Crippen LogP contribution in [0.15, 0.2) is 42.5 Å². The molecule has 2 atom stereocenters. The van der Waals surface area contributed by atoms with Crippen LogP contribution in [0.5, 0.6) is 17.2 Å². The molecule has 154 valence electrons. The average Bonchev–Trinajstić information content (AvgIpc) is 2.72. The molecule has 0 spiro atoms. The molecule has 6 heteroatoms. The molecule has 0 aromatic heterocycles. The van der Waals surface area contributed by atoms with Gasteiger partial charge < -0.3 is 19.3 Å². The smallest absolute Gasteiger partial charge is 0.161 e. The quantitative estimate of drug-likeness (QED) is 0.598. The van der Waals surface area contributed by atoms with Gasteiger partial charge in [-0.25, -0.2) is 0 Å². The lowest BCUT2D eigenvalue weighted by Gasteiger charge is -2.30. The second kappa shape index (κ2) is 11.1. The van der Waals surface area contributed by atoms with Gasteiger partial charge in [0, 0.05) is 24.2 Å². The summed E-state index contributed by atoms with van der Waals surface area (Å²) in [6, 6.07) is 13.4. The molecule has 0 radical (unpaired) electrons. The SMILES string of the molecule is CC[C@H](C)N(Cc1ccc(OC)c(OC)c1)C[C@H](O)COc1ccc(Cl)cc1. The van der Waals surface area contributed by atoms with E-state index < -0.39 is 6.10 Å². The van der Waals surface area contributed by atoms with Crippen molar-refractivity contribution in [1.82, 2.24) is 4.90 Å². The van der Waals surface area contributed by atoms with Crippen molar-refractivity contribution in [1.29, 1.82) is 0 Å². The van der Waals surface area contributed by atoms with E-state index >= 15 is 0 Å². The van der Waals surface area contributed by atoms with Crippen molar-refractivity contribution in [2.24, 2.45) is 0 Å². The molecule has 28 heavy (non-hydrogen) atoms. The van der Waals surface area contributed by atoms with Crippen molar-refractivity contribution < 1.29 is 19.3 Å². The van der Waals surface area contributed by atoms with Gasteiger partial charge in [0.1, 0.15) is 18.5 Å². The van der Waals surface area contributed by atoms with Crippen LogP contribution in [0, 0.1) is 0 Å². The van der Waals surface area contributed by atoms with Crippen LogP contribution in [0.1, 0.15) is 25.8 Å². The van der Waals surface area contributed by atoms with Crippen LogP contribution in [0.4, 0.5) is 0 Å². The van der Waals surface area contributed by atoms with Gasteiger partial charge in [0.25, 0.3) is 0 Å². The summed E-state index contributed by atoms with van der Waals surface area (Å²) in [6.45, 7) is 5.74. The first-order valence-corrected chi connectivity index (χ1v) is 9.86. The molecular weight excluding hydrogens is 378 g/mol. The third-order valence-electron chi connectivity index (χ3n) is 4.75. The number of hydrogen-bond acceptors (Lipinski definition) is 5. The molecule has 0 saturated heterocycles. The van der Waals surface area contributed by atoms with Gasteiger partial charge in [-0.15, -0.1) is 0 Å². The molecule has 0 bridgehead atoms. The van der Waals surface area contributed by atoms with E-state index in [1.165, 1.54) is 0 Å². The van der Waals surface area contributed by atoms with Crippen molar-refractivity contribution in [3.63, 3.8) is 0 Å². The van der Waals surface area contributed by atoms with Crippen LogP contribution in [0.25, 0.3) is 0 Å². The zero-order valence-electron chi connectivity index (χ0n) is 17.0. The molecule has 2 aromatic carbocycles. The van der Waals surface area contributed by atoms with E-state index in [4.69, 9.17) is 25.8 Å². The van der Waals surface area contributed by atoms with E-state index in [9.17, 15) is 5.11 Å². The number of nitrogens with zero attached hydrogens (tertiary/aromatic N) is 1. The predicted molar refractivity (Wildman–Crippen MR) is 113 cm³/mol. The van der Waals surface area contributed by atoms with Crippen molar-refractivity contribution >= 4 is 11.6 Å². The van der Waals surface area contributed by atoms with Gasteiger partial charge >= 0.3 is 0 Å². The minimum absolute atomic E-state index is 0.223. The topological polar surface area (TPSA) is 51.2 Å². The number of methoxy groups -OCH3 is 2. The Labute approximate surface area is 172 Å². The van der Waals surface area contributed by atoms with E-state index in [1.54, 1.807) is 38.5 Å². The number of aliphatic hydroxyl groups excluding tert-OH is 1. The van der Waals surface area contributed by atoms with Crippen molar-refractivity contribution in [2.45, 2.75) is 39.0 Å². The average molecular weight is 408 g/mol. The summed E-state index contributed by atoms with van der Waals surface area (Å²) in [4.78, 5) is 2.25. The highest BCUT2D eigenvalue weighted by Crippen LogP contribution is 2.28. The molecular formula is C22H30ClNO4. The lowest BCUT2D eigenvalue weighted by atomic mass is 10.1.